The van der Waals surface area contributed by atoms with Crippen LogP contribution in [-0.2, 0) is 14.2 Å². The van der Waals surface area contributed by atoms with E-state index in [0.717, 1.165) is 6.42 Å². The normalized spacial score (nSPS) is 28.7. The van der Waals surface area contributed by atoms with Crippen molar-refractivity contribution in [2.45, 2.75) is 38.3 Å². The van der Waals surface area contributed by atoms with Gasteiger partial charge in [0.2, 0.25) is 0 Å². The largest absolute Gasteiger partial charge is 0.378 e. The average Bonchev–Trinajstić information content (AvgIpc) is 2.42. The highest BCUT2D eigenvalue weighted by atomic mass is 16.7. The molecule has 1 heterocycles. The van der Waals surface area contributed by atoms with Gasteiger partial charge in [0.25, 0.3) is 0 Å². The van der Waals surface area contributed by atoms with E-state index in [0.29, 0.717) is 6.61 Å². The van der Waals surface area contributed by atoms with E-state index in [-0.39, 0.29) is 12.2 Å². The molecule has 3 nitrogen and oxygen atoms in total. The van der Waals surface area contributed by atoms with Crippen molar-refractivity contribution in [3.05, 3.63) is 12.7 Å². The Morgan fingerprint density at radius 2 is 2.38 bits per heavy atom. The molecule has 1 rings (SSSR count). The number of methoxy groups -OCH3 is 1. The fourth-order valence-corrected chi connectivity index (χ4v) is 1.46. The molecule has 1 aliphatic heterocycles. The summed E-state index contributed by atoms with van der Waals surface area (Å²) in [5, 5.41) is 0. The highest BCUT2D eigenvalue weighted by molar-refractivity contribution is 4.83. The van der Waals surface area contributed by atoms with Crippen LogP contribution in [0, 0.1) is 0 Å². The molecule has 1 aliphatic rings. The van der Waals surface area contributed by atoms with E-state index in [9.17, 15) is 0 Å². The fourth-order valence-electron chi connectivity index (χ4n) is 1.46. The van der Waals surface area contributed by atoms with Gasteiger partial charge in [-0.2, -0.15) is 0 Å². The zero-order valence-electron chi connectivity index (χ0n) is 8.58. The summed E-state index contributed by atoms with van der Waals surface area (Å²) in [5.74, 6) is -0.470. The van der Waals surface area contributed by atoms with E-state index in [1.807, 2.05) is 19.9 Å². The Morgan fingerprint density at radius 1 is 1.69 bits per heavy atom. The number of ether oxygens (including phenoxy) is 3. The van der Waals surface area contributed by atoms with Gasteiger partial charge in [0.1, 0.15) is 6.10 Å². The van der Waals surface area contributed by atoms with Crippen molar-refractivity contribution in [2.24, 2.45) is 0 Å². The molecule has 1 fully saturated rings. The van der Waals surface area contributed by atoms with Gasteiger partial charge in [-0.25, -0.2) is 0 Å². The van der Waals surface area contributed by atoms with Crippen LogP contribution in [-0.4, -0.2) is 31.7 Å². The van der Waals surface area contributed by atoms with E-state index < -0.39 is 5.79 Å². The third-order valence-electron chi connectivity index (χ3n) is 2.15. The summed E-state index contributed by atoms with van der Waals surface area (Å²) in [4.78, 5) is 0. The van der Waals surface area contributed by atoms with Crippen molar-refractivity contribution >= 4 is 0 Å². The van der Waals surface area contributed by atoms with Gasteiger partial charge in [0.15, 0.2) is 5.79 Å². The van der Waals surface area contributed by atoms with Crippen LogP contribution in [0.25, 0.3) is 0 Å². The molecular formula is C10H18O3. The second kappa shape index (κ2) is 4.22. The highest BCUT2D eigenvalue weighted by Crippen LogP contribution is 2.26. The standard InChI is InChI=1S/C10H18O3/c1-5-6-8(11-4)9-7-12-10(2,3)13-9/h5,8-9H,1,6-7H2,2-4H3/t8-,9+/m1/s1. The van der Waals surface area contributed by atoms with Crippen LogP contribution in [0.5, 0.6) is 0 Å². The molecule has 1 saturated heterocycles. The number of rotatable bonds is 4. The lowest BCUT2D eigenvalue weighted by molar-refractivity contribution is -0.153. The molecule has 0 spiro atoms. The van der Waals surface area contributed by atoms with Gasteiger partial charge in [-0.05, 0) is 20.3 Å². The Bertz CT molecular complexity index is 177. The molecule has 13 heavy (non-hydrogen) atoms. The lowest BCUT2D eigenvalue weighted by Crippen LogP contribution is -2.31. The lowest BCUT2D eigenvalue weighted by Gasteiger charge is -2.22. The van der Waals surface area contributed by atoms with Crippen molar-refractivity contribution in [3.63, 3.8) is 0 Å². The average molecular weight is 186 g/mol. The lowest BCUT2D eigenvalue weighted by atomic mass is 10.1. The molecule has 0 unspecified atom stereocenters. The van der Waals surface area contributed by atoms with Gasteiger partial charge in [0.05, 0.1) is 12.7 Å². The quantitative estimate of drug-likeness (QED) is 0.626. The molecule has 2 atom stereocenters. The molecular weight excluding hydrogens is 168 g/mol. The highest BCUT2D eigenvalue weighted by Gasteiger charge is 2.36. The minimum absolute atomic E-state index is 0.0259. The third kappa shape index (κ3) is 2.79. The minimum Gasteiger partial charge on any atom is -0.378 e. The van der Waals surface area contributed by atoms with Crippen molar-refractivity contribution in [1.82, 2.24) is 0 Å². The monoisotopic (exact) mass is 186 g/mol. The van der Waals surface area contributed by atoms with Crippen LogP contribution in [0.15, 0.2) is 12.7 Å². The van der Waals surface area contributed by atoms with Crippen LogP contribution in [0.3, 0.4) is 0 Å². The van der Waals surface area contributed by atoms with E-state index in [1.54, 1.807) is 7.11 Å². The maximum absolute atomic E-state index is 5.66. The summed E-state index contributed by atoms with van der Waals surface area (Å²) in [7, 11) is 1.68. The van der Waals surface area contributed by atoms with Crippen molar-refractivity contribution in [3.8, 4) is 0 Å². The summed E-state index contributed by atoms with van der Waals surface area (Å²) >= 11 is 0. The maximum Gasteiger partial charge on any atom is 0.163 e. The molecule has 0 N–H and O–H groups in total. The second-order valence-electron chi connectivity index (χ2n) is 3.67. The predicted molar refractivity (Wildman–Crippen MR) is 50.5 cm³/mol. The topological polar surface area (TPSA) is 27.7 Å². The second-order valence-corrected chi connectivity index (χ2v) is 3.67. The first kappa shape index (κ1) is 10.7. The molecule has 0 bridgehead atoms. The van der Waals surface area contributed by atoms with Crippen LogP contribution >= 0.6 is 0 Å². The first-order chi connectivity index (χ1) is 6.09. The van der Waals surface area contributed by atoms with E-state index in [1.165, 1.54) is 0 Å². The zero-order valence-corrected chi connectivity index (χ0v) is 8.58. The van der Waals surface area contributed by atoms with Crippen molar-refractivity contribution < 1.29 is 14.2 Å². The van der Waals surface area contributed by atoms with E-state index >= 15 is 0 Å². The number of hydrogen-bond donors (Lipinski definition) is 0. The van der Waals surface area contributed by atoms with Crippen molar-refractivity contribution in [1.29, 1.82) is 0 Å². The fraction of sp³-hybridized carbons (Fsp3) is 0.800. The van der Waals surface area contributed by atoms with Crippen LogP contribution in [0.4, 0.5) is 0 Å². The molecule has 0 aliphatic carbocycles. The van der Waals surface area contributed by atoms with Gasteiger partial charge < -0.3 is 14.2 Å². The third-order valence-corrected chi connectivity index (χ3v) is 2.15. The minimum atomic E-state index is -0.470. The summed E-state index contributed by atoms with van der Waals surface area (Å²) in [6, 6.07) is 0. The van der Waals surface area contributed by atoms with Gasteiger partial charge in [-0.3, -0.25) is 0 Å². The molecule has 0 aromatic rings. The summed E-state index contributed by atoms with van der Waals surface area (Å²) < 4.78 is 16.4. The first-order valence-electron chi connectivity index (χ1n) is 4.54. The molecule has 0 saturated carbocycles. The smallest absolute Gasteiger partial charge is 0.163 e. The van der Waals surface area contributed by atoms with E-state index in [4.69, 9.17) is 14.2 Å². The molecule has 0 aromatic carbocycles. The molecule has 0 amide bonds. The summed E-state index contributed by atoms with van der Waals surface area (Å²) in [6.45, 7) is 8.10. The Balaban J connectivity index is 2.47. The van der Waals surface area contributed by atoms with Crippen LogP contribution in [0.2, 0.25) is 0 Å². The Hall–Kier alpha value is -0.380. The predicted octanol–water partition coefficient (Wildman–Crippen LogP) is 1.73. The van der Waals surface area contributed by atoms with E-state index in [2.05, 4.69) is 6.58 Å². The summed E-state index contributed by atoms with van der Waals surface area (Å²) in [6.07, 6.45) is 2.71. The van der Waals surface area contributed by atoms with Gasteiger partial charge in [-0.15, -0.1) is 6.58 Å². The maximum atomic E-state index is 5.66. The molecule has 0 radical (unpaired) electrons. The zero-order chi connectivity index (χ0) is 9.90. The van der Waals surface area contributed by atoms with Gasteiger partial charge in [-0.1, -0.05) is 6.08 Å². The first-order valence-corrected chi connectivity index (χ1v) is 4.54. The summed E-state index contributed by atoms with van der Waals surface area (Å²) in [5.41, 5.74) is 0. The molecule has 3 heteroatoms. The molecule has 0 aromatic heterocycles. The Morgan fingerprint density at radius 3 is 2.77 bits per heavy atom. The Labute approximate surface area is 79.7 Å². The van der Waals surface area contributed by atoms with Crippen LogP contribution < -0.4 is 0 Å². The number of hydrogen-bond acceptors (Lipinski definition) is 3. The van der Waals surface area contributed by atoms with Crippen LogP contribution in [0.1, 0.15) is 20.3 Å². The molecule has 76 valence electrons. The van der Waals surface area contributed by atoms with Crippen molar-refractivity contribution in [2.75, 3.05) is 13.7 Å². The Kier molecular flexibility index (Phi) is 3.47. The van der Waals surface area contributed by atoms with Gasteiger partial charge >= 0.3 is 0 Å². The van der Waals surface area contributed by atoms with Gasteiger partial charge in [0, 0.05) is 7.11 Å². The SMILES string of the molecule is C=CC[C@@H](OC)[C@@H]1COC(C)(C)O1.